The summed E-state index contributed by atoms with van der Waals surface area (Å²) in [6.07, 6.45) is 3.47. The highest BCUT2D eigenvalue weighted by molar-refractivity contribution is 9.10. The molecule has 1 aliphatic rings. The second-order valence-corrected chi connectivity index (χ2v) is 19.5. The van der Waals surface area contributed by atoms with Gasteiger partial charge in [0.05, 0.1) is 65.7 Å². The molecule has 1 fully saturated rings. The van der Waals surface area contributed by atoms with E-state index in [1.165, 1.54) is 0 Å². The van der Waals surface area contributed by atoms with E-state index in [0.717, 1.165) is 105 Å². The van der Waals surface area contributed by atoms with Gasteiger partial charge in [0.2, 0.25) is 0 Å². The van der Waals surface area contributed by atoms with Crippen molar-refractivity contribution in [1.82, 2.24) is 40.2 Å². The van der Waals surface area contributed by atoms with Gasteiger partial charge in [-0.15, -0.1) is 0 Å². The van der Waals surface area contributed by atoms with Gasteiger partial charge >= 0.3 is 18.5 Å². The molecule has 0 unspecified atom stereocenters. The maximum atomic E-state index is 12.1. The molecule has 0 bridgehead atoms. The Bertz CT molecular complexity index is 3680. The predicted octanol–water partition coefficient (Wildman–Crippen LogP) is 11.7. The summed E-state index contributed by atoms with van der Waals surface area (Å²) >= 11 is 16.0. The first-order valence-electron chi connectivity index (χ1n) is 21.7. The fourth-order valence-corrected chi connectivity index (χ4v) is 9.81. The van der Waals surface area contributed by atoms with Crippen LogP contribution in [-0.2, 0) is 9.31 Å². The molecule has 6 aromatic heterocycles. The first kappa shape index (κ1) is 46.8. The maximum absolute atomic E-state index is 12.1. The van der Waals surface area contributed by atoms with Crippen LogP contribution in [0, 0.1) is 41.5 Å². The molecule has 0 amide bonds. The zero-order chi connectivity index (χ0) is 48.6. The second kappa shape index (κ2) is 17.7. The molecule has 7 heterocycles. The highest BCUT2D eigenvalue weighted by Gasteiger charge is 2.52. The van der Waals surface area contributed by atoms with Crippen molar-refractivity contribution in [2.24, 2.45) is 0 Å². The first-order chi connectivity index (χ1) is 32.2. The van der Waals surface area contributed by atoms with Gasteiger partial charge in [-0.3, -0.25) is 9.97 Å². The van der Waals surface area contributed by atoms with Crippen LogP contribution in [0.15, 0.2) is 96.2 Å². The normalized spacial score (nSPS) is 14.2. The van der Waals surface area contributed by atoms with Gasteiger partial charge in [0.15, 0.2) is 0 Å². The standard InChI is InChI=1S/C22H17ClN4O2.C18H22BN3O4.C10H7BrClN/c1-10-7-16(23)20-14(5-4-6-24-20)18(10)15-8-13(19-11(2)27-29-12(19)3)9-17-21(15)26-22(28)25-17;1-9-14(10(2)24-22-9)11-7-12(15-13(8-11)20-16(23)21-15)19-25-17(3,4)18(5,6)26-19;1-6-5-8(12)10-7(9(6)11)3-2-4-13-10/h4-9H,1-3H3,(H2,25,26,28);7-8H,1-6H3,(H2,20,21,23);2-5H,1H3. The quantitative estimate of drug-likeness (QED) is 0.123. The largest absolute Gasteiger partial charge is 0.497 e. The van der Waals surface area contributed by atoms with Crippen molar-refractivity contribution in [2.45, 2.75) is 80.4 Å². The molecule has 1 aliphatic heterocycles. The van der Waals surface area contributed by atoms with Gasteiger partial charge < -0.3 is 38.3 Å². The molecule has 11 rings (SSSR count). The summed E-state index contributed by atoms with van der Waals surface area (Å²) in [6.45, 7) is 19.6. The summed E-state index contributed by atoms with van der Waals surface area (Å²) in [6, 6.07) is 19.5. The van der Waals surface area contributed by atoms with E-state index < -0.39 is 18.3 Å². The van der Waals surface area contributed by atoms with Gasteiger partial charge in [0.1, 0.15) is 11.5 Å². The molecule has 18 heteroatoms. The topological polar surface area (TPSA) is 194 Å². The summed E-state index contributed by atoms with van der Waals surface area (Å²) in [7, 11) is -0.589. The molecule has 0 radical (unpaired) electrons. The van der Waals surface area contributed by atoms with E-state index >= 15 is 0 Å². The minimum atomic E-state index is -0.589. The molecule has 0 atom stereocenters. The van der Waals surface area contributed by atoms with Crippen LogP contribution in [0.25, 0.3) is 77.3 Å². The molecule has 346 valence electrons. The monoisotopic (exact) mass is 1010 g/mol. The molecule has 0 saturated carbocycles. The van der Waals surface area contributed by atoms with E-state index in [2.05, 4.69) is 62.2 Å². The number of rotatable bonds is 4. The van der Waals surface area contributed by atoms with E-state index in [0.29, 0.717) is 26.6 Å². The first-order valence-corrected chi connectivity index (χ1v) is 23.3. The van der Waals surface area contributed by atoms with E-state index in [1.54, 1.807) is 12.4 Å². The van der Waals surface area contributed by atoms with Gasteiger partial charge in [-0.25, -0.2) is 9.59 Å². The number of benzene rings is 4. The molecular weight excluding hydrogens is 970 g/mol. The Labute approximate surface area is 408 Å². The van der Waals surface area contributed by atoms with Crippen molar-refractivity contribution in [3.8, 4) is 33.4 Å². The lowest BCUT2D eigenvalue weighted by Crippen LogP contribution is -2.41. The zero-order valence-corrected chi connectivity index (χ0v) is 42.0. The number of aryl methyl sites for hydroxylation is 6. The highest BCUT2D eigenvalue weighted by atomic mass is 79.9. The number of nitrogens with one attached hydrogen (secondary N) is 4. The van der Waals surface area contributed by atoms with Gasteiger partial charge in [-0.2, -0.15) is 0 Å². The summed E-state index contributed by atoms with van der Waals surface area (Å²) in [5, 5.41) is 11.4. The third-order valence-electron chi connectivity index (χ3n) is 12.7. The molecule has 0 aliphatic carbocycles. The van der Waals surface area contributed by atoms with Crippen molar-refractivity contribution in [3.05, 3.63) is 143 Å². The van der Waals surface area contributed by atoms with Crippen molar-refractivity contribution in [1.29, 1.82) is 0 Å². The van der Waals surface area contributed by atoms with Crippen LogP contribution in [0.1, 0.15) is 61.7 Å². The fourth-order valence-electron chi connectivity index (χ4n) is 8.75. The number of hydrogen-bond donors (Lipinski definition) is 4. The maximum Gasteiger partial charge on any atom is 0.497 e. The van der Waals surface area contributed by atoms with Crippen molar-refractivity contribution < 1.29 is 18.4 Å². The van der Waals surface area contributed by atoms with Crippen LogP contribution in [0.2, 0.25) is 10.0 Å². The van der Waals surface area contributed by atoms with E-state index in [-0.39, 0.29) is 11.4 Å². The van der Waals surface area contributed by atoms with Crippen LogP contribution in [0.4, 0.5) is 0 Å². The molecular formula is C50H46BBrCl2N8O6. The van der Waals surface area contributed by atoms with Crippen LogP contribution in [0.3, 0.4) is 0 Å². The second-order valence-electron chi connectivity index (χ2n) is 17.9. The Morgan fingerprint density at radius 1 is 0.603 bits per heavy atom. The number of fused-ring (bicyclic) bond motifs is 4. The molecule has 14 nitrogen and oxygen atoms in total. The van der Waals surface area contributed by atoms with Gasteiger partial charge in [0, 0.05) is 49.8 Å². The minimum absolute atomic E-state index is 0.258. The number of halogens is 3. The lowest BCUT2D eigenvalue weighted by atomic mass is 9.76. The smallest absolute Gasteiger partial charge is 0.399 e. The highest BCUT2D eigenvalue weighted by Crippen LogP contribution is 2.41. The average molecular weight is 1020 g/mol. The SMILES string of the molecule is Cc1cc(Cl)c2ncccc2c1-c1cc(-c2c(C)noc2C)cc2[nH]c(=O)[nH]c12.Cc1cc(Cl)c2ncccc2c1Br.Cc1noc(C)c1-c1cc(B2OC(C)(C)C(C)(C)O2)c2[nH]c(=O)[nH]c2c1. The molecule has 4 N–H and O–H groups in total. The summed E-state index contributed by atoms with van der Waals surface area (Å²) < 4.78 is 24.1. The van der Waals surface area contributed by atoms with E-state index in [1.807, 2.05) is 124 Å². The molecule has 10 aromatic rings. The van der Waals surface area contributed by atoms with Gasteiger partial charge in [-0.05, 0) is 155 Å². The van der Waals surface area contributed by atoms with Crippen molar-refractivity contribution in [3.63, 3.8) is 0 Å². The third kappa shape index (κ3) is 8.38. The van der Waals surface area contributed by atoms with Crippen LogP contribution in [-0.4, -0.2) is 58.5 Å². The van der Waals surface area contributed by atoms with Gasteiger partial charge in [0.25, 0.3) is 0 Å². The number of imidazole rings is 2. The molecule has 4 aromatic carbocycles. The summed E-state index contributed by atoms with van der Waals surface area (Å²) in [5.74, 6) is 1.45. The van der Waals surface area contributed by atoms with Crippen molar-refractivity contribution >= 4 is 95.6 Å². The molecule has 0 spiro atoms. The average Bonchev–Trinajstić information content (AvgIpc) is 4.08. The van der Waals surface area contributed by atoms with Gasteiger partial charge in [-0.1, -0.05) is 51.7 Å². The number of H-pyrrole nitrogens is 4. The predicted molar refractivity (Wildman–Crippen MR) is 273 cm³/mol. The Balaban J connectivity index is 0.000000136. The number of aromatic amines is 4. The van der Waals surface area contributed by atoms with Crippen LogP contribution >= 0.6 is 39.1 Å². The van der Waals surface area contributed by atoms with E-state index in [9.17, 15) is 9.59 Å². The van der Waals surface area contributed by atoms with E-state index in [4.69, 9.17) is 41.6 Å². The third-order valence-corrected chi connectivity index (χ3v) is 14.3. The number of pyridine rings is 2. The Kier molecular flexibility index (Phi) is 12.2. The lowest BCUT2D eigenvalue weighted by molar-refractivity contribution is 0.00578. The number of hydrogen-bond acceptors (Lipinski definition) is 10. The number of aromatic nitrogens is 8. The Hall–Kier alpha value is -6.30. The lowest BCUT2D eigenvalue weighted by Gasteiger charge is -2.32. The fraction of sp³-hybridized carbons (Fsp3) is 0.240. The molecule has 68 heavy (non-hydrogen) atoms. The summed E-state index contributed by atoms with van der Waals surface area (Å²) in [5.41, 5.74) is 12.9. The minimum Gasteiger partial charge on any atom is -0.399 e. The Morgan fingerprint density at radius 3 is 1.63 bits per heavy atom. The molecule has 1 saturated heterocycles. The van der Waals surface area contributed by atoms with Crippen LogP contribution < -0.4 is 16.8 Å². The number of nitrogens with zero attached hydrogens (tertiary/aromatic N) is 4. The van der Waals surface area contributed by atoms with Crippen molar-refractivity contribution in [2.75, 3.05) is 0 Å². The zero-order valence-electron chi connectivity index (χ0n) is 38.9. The van der Waals surface area contributed by atoms with Crippen LogP contribution in [0.5, 0.6) is 0 Å². The summed E-state index contributed by atoms with van der Waals surface area (Å²) in [4.78, 5) is 44.2. The Morgan fingerprint density at radius 2 is 1.09 bits per heavy atom.